The topological polar surface area (TPSA) is 61.0 Å². The number of hydrogen-bond acceptors (Lipinski definition) is 4. The van der Waals surface area contributed by atoms with Gasteiger partial charge >= 0.3 is 0 Å². The standard InChI is InChI=1S/C14H15BrFN3O/c1-8(2)14-18-7-13(11(6-17)19-14)20-12-4-3-9(15)5-10(12)16/h3-5,7-8H,6,17H2,1-2H3. The Labute approximate surface area is 125 Å². The number of ether oxygens (including phenoxy) is 1. The molecule has 0 aliphatic carbocycles. The van der Waals surface area contributed by atoms with Gasteiger partial charge in [-0.15, -0.1) is 0 Å². The van der Waals surface area contributed by atoms with Gasteiger partial charge in [-0.1, -0.05) is 29.8 Å². The summed E-state index contributed by atoms with van der Waals surface area (Å²) in [6, 6.07) is 4.57. The zero-order chi connectivity index (χ0) is 14.7. The second-order valence-electron chi connectivity index (χ2n) is 4.57. The maximum atomic E-state index is 13.8. The van der Waals surface area contributed by atoms with Gasteiger partial charge in [-0.25, -0.2) is 14.4 Å². The molecule has 2 rings (SSSR count). The molecule has 0 unspecified atom stereocenters. The van der Waals surface area contributed by atoms with Gasteiger partial charge in [-0.05, 0) is 18.2 Å². The molecule has 1 aromatic carbocycles. The van der Waals surface area contributed by atoms with Crippen LogP contribution in [0.5, 0.6) is 11.5 Å². The fraction of sp³-hybridized carbons (Fsp3) is 0.286. The summed E-state index contributed by atoms with van der Waals surface area (Å²) >= 11 is 3.20. The minimum absolute atomic E-state index is 0.115. The molecule has 0 saturated heterocycles. The third-order valence-corrected chi connectivity index (χ3v) is 3.16. The molecule has 4 nitrogen and oxygen atoms in total. The van der Waals surface area contributed by atoms with Crippen LogP contribution in [0.1, 0.15) is 31.3 Å². The summed E-state index contributed by atoms with van der Waals surface area (Å²) in [5.74, 6) is 0.907. The zero-order valence-electron chi connectivity index (χ0n) is 11.2. The lowest BCUT2D eigenvalue weighted by atomic mass is 10.2. The minimum atomic E-state index is -0.463. The van der Waals surface area contributed by atoms with E-state index in [4.69, 9.17) is 10.5 Å². The second-order valence-corrected chi connectivity index (χ2v) is 5.49. The number of hydrogen-bond donors (Lipinski definition) is 1. The number of benzene rings is 1. The molecule has 0 fully saturated rings. The summed E-state index contributed by atoms with van der Waals surface area (Å²) in [4.78, 5) is 8.55. The lowest BCUT2D eigenvalue weighted by Gasteiger charge is -2.12. The Bertz CT molecular complexity index is 619. The average molecular weight is 340 g/mol. The third-order valence-electron chi connectivity index (χ3n) is 2.67. The molecule has 0 aliphatic heterocycles. The van der Waals surface area contributed by atoms with Gasteiger partial charge in [0.2, 0.25) is 0 Å². The van der Waals surface area contributed by atoms with Crippen molar-refractivity contribution in [1.29, 1.82) is 0 Å². The highest BCUT2D eigenvalue weighted by Crippen LogP contribution is 2.28. The summed E-state index contributed by atoms with van der Waals surface area (Å²) in [6.07, 6.45) is 1.53. The Morgan fingerprint density at radius 2 is 2.10 bits per heavy atom. The Morgan fingerprint density at radius 3 is 2.70 bits per heavy atom. The molecule has 2 aromatic rings. The van der Waals surface area contributed by atoms with Gasteiger partial charge in [0.1, 0.15) is 11.5 Å². The Balaban J connectivity index is 2.33. The van der Waals surface area contributed by atoms with Gasteiger partial charge in [0, 0.05) is 16.9 Å². The molecule has 0 bridgehead atoms. The van der Waals surface area contributed by atoms with Crippen LogP contribution in [0.2, 0.25) is 0 Å². The monoisotopic (exact) mass is 339 g/mol. The SMILES string of the molecule is CC(C)c1ncc(Oc2ccc(Br)cc2F)c(CN)n1. The molecule has 2 N–H and O–H groups in total. The van der Waals surface area contributed by atoms with Crippen LogP contribution in [0.15, 0.2) is 28.9 Å². The summed E-state index contributed by atoms with van der Waals surface area (Å²) < 4.78 is 19.9. The predicted octanol–water partition coefficient (Wildman–Crippen LogP) is 3.75. The molecule has 1 aromatic heterocycles. The van der Waals surface area contributed by atoms with E-state index >= 15 is 0 Å². The number of nitrogens with two attached hydrogens (primary N) is 1. The van der Waals surface area contributed by atoms with Crippen LogP contribution in [-0.2, 0) is 6.54 Å². The van der Waals surface area contributed by atoms with Crippen LogP contribution in [-0.4, -0.2) is 9.97 Å². The van der Waals surface area contributed by atoms with Crippen LogP contribution in [0.25, 0.3) is 0 Å². The van der Waals surface area contributed by atoms with E-state index < -0.39 is 5.82 Å². The van der Waals surface area contributed by atoms with Crippen molar-refractivity contribution in [2.24, 2.45) is 5.73 Å². The van der Waals surface area contributed by atoms with E-state index in [9.17, 15) is 4.39 Å². The van der Waals surface area contributed by atoms with Crippen molar-refractivity contribution in [3.63, 3.8) is 0 Å². The van der Waals surface area contributed by atoms with Crippen molar-refractivity contribution in [3.8, 4) is 11.5 Å². The van der Waals surface area contributed by atoms with Crippen molar-refractivity contribution in [2.45, 2.75) is 26.3 Å². The first-order chi connectivity index (χ1) is 9.51. The molecule has 0 atom stereocenters. The fourth-order valence-corrected chi connectivity index (χ4v) is 1.94. The highest BCUT2D eigenvalue weighted by atomic mass is 79.9. The first-order valence-corrected chi connectivity index (χ1v) is 6.99. The minimum Gasteiger partial charge on any atom is -0.451 e. The first kappa shape index (κ1) is 14.9. The van der Waals surface area contributed by atoms with Crippen molar-refractivity contribution in [1.82, 2.24) is 9.97 Å². The highest BCUT2D eigenvalue weighted by Gasteiger charge is 2.12. The Morgan fingerprint density at radius 1 is 1.35 bits per heavy atom. The lowest BCUT2D eigenvalue weighted by molar-refractivity contribution is 0.431. The van der Waals surface area contributed by atoms with Crippen LogP contribution >= 0.6 is 15.9 Å². The molecule has 0 aliphatic rings. The number of aromatic nitrogens is 2. The molecule has 106 valence electrons. The largest absolute Gasteiger partial charge is 0.451 e. The molecular weight excluding hydrogens is 325 g/mol. The van der Waals surface area contributed by atoms with Gasteiger partial charge in [-0.3, -0.25) is 0 Å². The molecule has 20 heavy (non-hydrogen) atoms. The quantitative estimate of drug-likeness (QED) is 0.921. The van der Waals surface area contributed by atoms with Gasteiger partial charge in [-0.2, -0.15) is 0 Å². The normalized spacial score (nSPS) is 10.9. The Kier molecular flexibility index (Phi) is 4.67. The van der Waals surface area contributed by atoms with Gasteiger partial charge < -0.3 is 10.5 Å². The summed E-state index contributed by atoms with van der Waals surface area (Å²) in [7, 11) is 0. The summed E-state index contributed by atoms with van der Waals surface area (Å²) in [5.41, 5.74) is 6.23. The van der Waals surface area contributed by atoms with E-state index in [1.165, 1.54) is 18.3 Å². The van der Waals surface area contributed by atoms with Crippen molar-refractivity contribution in [2.75, 3.05) is 0 Å². The van der Waals surface area contributed by atoms with E-state index in [-0.39, 0.29) is 18.2 Å². The second kappa shape index (κ2) is 6.28. The summed E-state index contributed by atoms with van der Waals surface area (Å²) in [6.45, 7) is 4.19. The van der Waals surface area contributed by atoms with E-state index in [1.807, 2.05) is 13.8 Å². The van der Waals surface area contributed by atoms with Crippen LogP contribution in [0.3, 0.4) is 0 Å². The lowest BCUT2D eigenvalue weighted by Crippen LogP contribution is -2.07. The van der Waals surface area contributed by atoms with Crippen LogP contribution in [0.4, 0.5) is 4.39 Å². The zero-order valence-corrected chi connectivity index (χ0v) is 12.8. The molecule has 0 radical (unpaired) electrons. The van der Waals surface area contributed by atoms with Gasteiger partial charge in [0.05, 0.1) is 6.20 Å². The maximum absolute atomic E-state index is 13.8. The highest BCUT2D eigenvalue weighted by molar-refractivity contribution is 9.10. The number of rotatable bonds is 4. The molecular formula is C14H15BrFN3O. The van der Waals surface area contributed by atoms with Crippen molar-refractivity contribution < 1.29 is 9.13 Å². The van der Waals surface area contributed by atoms with E-state index in [0.29, 0.717) is 21.7 Å². The maximum Gasteiger partial charge on any atom is 0.168 e. The van der Waals surface area contributed by atoms with E-state index in [1.54, 1.807) is 6.07 Å². The Hall–Kier alpha value is -1.53. The fourth-order valence-electron chi connectivity index (χ4n) is 1.61. The van der Waals surface area contributed by atoms with Crippen molar-refractivity contribution >= 4 is 15.9 Å². The van der Waals surface area contributed by atoms with Crippen LogP contribution < -0.4 is 10.5 Å². The molecule has 1 heterocycles. The van der Waals surface area contributed by atoms with E-state index in [2.05, 4.69) is 25.9 Å². The van der Waals surface area contributed by atoms with Crippen LogP contribution in [0, 0.1) is 5.82 Å². The first-order valence-electron chi connectivity index (χ1n) is 6.20. The average Bonchev–Trinajstić information content (AvgIpc) is 2.42. The van der Waals surface area contributed by atoms with Crippen molar-refractivity contribution in [3.05, 3.63) is 46.2 Å². The van der Waals surface area contributed by atoms with E-state index in [0.717, 1.165) is 0 Å². The molecule has 0 spiro atoms. The van der Waals surface area contributed by atoms with Gasteiger partial charge in [0.15, 0.2) is 17.3 Å². The molecule has 0 amide bonds. The summed E-state index contributed by atoms with van der Waals surface area (Å²) in [5, 5.41) is 0. The predicted molar refractivity (Wildman–Crippen MR) is 78.2 cm³/mol. The molecule has 0 saturated carbocycles. The number of halogens is 2. The molecule has 6 heteroatoms. The third kappa shape index (κ3) is 3.32. The van der Waals surface area contributed by atoms with Gasteiger partial charge in [0.25, 0.3) is 0 Å². The number of nitrogens with zero attached hydrogens (tertiary/aromatic N) is 2. The smallest absolute Gasteiger partial charge is 0.168 e.